The summed E-state index contributed by atoms with van der Waals surface area (Å²) in [6.07, 6.45) is 7.08. The Balaban J connectivity index is 1.53. The summed E-state index contributed by atoms with van der Waals surface area (Å²) in [6, 6.07) is 12.9. The number of rotatable bonds is 4. The molecule has 31 heavy (non-hydrogen) atoms. The Hall–Kier alpha value is -3.45. The second kappa shape index (κ2) is 8.00. The van der Waals surface area contributed by atoms with E-state index in [1.54, 1.807) is 12.3 Å². The van der Waals surface area contributed by atoms with Gasteiger partial charge in [-0.25, -0.2) is 5.43 Å². The van der Waals surface area contributed by atoms with Crippen molar-refractivity contribution in [2.45, 2.75) is 38.1 Å². The first-order valence-corrected chi connectivity index (χ1v) is 10.8. The minimum absolute atomic E-state index is 0.206. The molecule has 1 aromatic heterocycles. The number of carbonyl (C=O) groups is 2. The average Bonchev–Trinajstić information content (AvgIpc) is 3.08. The molecule has 5 N–H and O–H groups in total. The third-order valence-corrected chi connectivity index (χ3v) is 6.33. The van der Waals surface area contributed by atoms with E-state index in [1.165, 1.54) is 6.42 Å². The Bertz CT molecular complexity index is 1180. The monoisotopic (exact) mass is 415 g/mol. The first kappa shape index (κ1) is 19.5. The number of anilines is 1. The number of carbonyl (C=O) groups excluding carboxylic acids is 2. The molecule has 0 spiro atoms. The second-order valence-corrected chi connectivity index (χ2v) is 8.34. The van der Waals surface area contributed by atoms with E-state index in [2.05, 4.69) is 20.8 Å². The molecule has 0 saturated heterocycles. The molecule has 1 aliphatic heterocycles. The summed E-state index contributed by atoms with van der Waals surface area (Å²) in [6.45, 7) is 0. The molecule has 2 amide bonds. The molecule has 158 valence electrons. The van der Waals surface area contributed by atoms with Gasteiger partial charge in [-0.15, -0.1) is 0 Å². The van der Waals surface area contributed by atoms with Crippen molar-refractivity contribution in [2.24, 2.45) is 16.8 Å². The lowest BCUT2D eigenvalue weighted by Gasteiger charge is -2.26. The van der Waals surface area contributed by atoms with E-state index in [0.717, 1.165) is 53.4 Å². The largest absolute Gasteiger partial charge is 0.354 e. The third-order valence-electron chi connectivity index (χ3n) is 6.33. The smallest absolute Gasteiger partial charge is 0.272 e. The highest BCUT2D eigenvalue weighted by atomic mass is 16.2. The zero-order valence-corrected chi connectivity index (χ0v) is 17.2. The van der Waals surface area contributed by atoms with Gasteiger partial charge in [-0.1, -0.05) is 49.6 Å². The Morgan fingerprint density at radius 1 is 1.13 bits per heavy atom. The molecule has 5 rings (SSSR count). The van der Waals surface area contributed by atoms with Crippen LogP contribution in [-0.4, -0.2) is 29.1 Å². The van der Waals surface area contributed by atoms with Gasteiger partial charge in [-0.05, 0) is 36.5 Å². The summed E-state index contributed by atoms with van der Waals surface area (Å²) in [4.78, 5) is 28.9. The lowest BCUT2D eigenvalue weighted by molar-refractivity contribution is -0.118. The van der Waals surface area contributed by atoms with Crippen molar-refractivity contribution in [1.29, 1.82) is 0 Å². The van der Waals surface area contributed by atoms with E-state index in [0.29, 0.717) is 11.3 Å². The number of hydrogen-bond acceptors (Lipinski definition) is 4. The van der Waals surface area contributed by atoms with Crippen molar-refractivity contribution >= 4 is 34.6 Å². The van der Waals surface area contributed by atoms with Crippen molar-refractivity contribution in [3.63, 3.8) is 0 Å². The fourth-order valence-electron chi connectivity index (χ4n) is 4.72. The summed E-state index contributed by atoms with van der Waals surface area (Å²) in [7, 11) is 0. The fraction of sp³-hybridized carbons (Fsp3) is 0.292. The molecule has 1 aliphatic carbocycles. The minimum Gasteiger partial charge on any atom is -0.354 e. The Labute approximate surface area is 180 Å². The molecule has 3 aromatic rings. The quantitative estimate of drug-likeness (QED) is 0.520. The maximum atomic E-state index is 12.8. The normalized spacial score (nSPS) is 17.3. The van der Waals surface area contributed by atoms with Crippen LogP contribution < -0.4 is 16.5 Å². The van der Waals surface area contributed by atoms with Crippen LogP contribution >= 0.6 is 0 Å². The molecular weight excluding hydrogens is 390 g/mol. The second-order valence-electron chi connectivity index (χ2n) is 8.34. The molecule has 2 aliphatic rings. The van der Waals surface area contributed by atoms with Crippen molar-refractivity contribution in [1.82, 2.24) is 10.4 Å². The van der Waals surface area contributed by atoms with Crippen molar-refractivity contribution in [3.8, 4) is 11.3 Å². The van der Waals surface area contributed by atoms with Crippen LogP contribution in [0.3, 0.4) is 0 Å². The lowest BCUT2D eigenvalue weighted by atomic mass is 9.84. The van der Waals surface area contributed by atoms with E-state index < -0.39 is 6.04 Å². The highest BCUT2D eigenvalue weighted by Gasteiger charge is 2.27. The van der Waals surface area contributed by atoms with Gasteiger partial charge in [-0.2, -0.15) is 5.10 Å². The molecule has 2 aromatic carbocycles. The Morgan fingerprint density at radius 2 is 1.90 bits per heavy atom. The van der Waals surface area contributed by atoms with Gasteiger partial charge in [0.05, 0.1) is 23.5 Å². The van der Waals surface area contributed by atoms with Gasteiger partial charge in [0.2, 0.25) is 5.91 Å². The standard InChI is InChI=1S/C24H25N5O2/c25-21(14-7-3-1-4-8-14)24(31)27-16-11-17-20-18(13-26-29-23(17)30)22(28-19(20)12-16)15-9-5-2-6-10-15/h2,5-6,9-14,21,28H,1,3-4,7-8,25H2,(H,27,31)(H,29,30). The van der Waals surface area contributed by atoms with Gasteiger partial charge in [0.25, 0.3) is 5.91 Å². The number of nitrogens with zero attached hydrogens (tertiary/aromatic N) is 1. The molecule has 2 heterocycles. The first-order chi connectivity index (χ1) is 15.1. The van der Waals surface area contributed by atoms with E-state index in [-0.39, 0.29) is 17.7 Å². The predicted octanol–water partition coefficient (Wildman–Crippen LogP) is 3.76. The number of benzene rings is 2. The number of aromatic amines is 1. The molecule has 0 bridgehead atoms. The van der Waals surface area contributed by atoms with Gasteiger partial charge in [0.1, 0.15) is 0 Å². The maximum Gasteiger partial charge on any atom is 0.272 e. The number of nitrogens with two attached hydrogens (primary N) is 1. The van der Waals surface area contributed by atoms with Crippen LogP contribution in [-0.2, 0) is 4.79 Å². The highest BCUT2D eigenvalue weighted by Crippen LogP contribution is 2.34. The topological polar surface area (TPSA) is 112 Å². The van der Waals surface area contributed by atoms with E-state index in [9.17, 15) is 9.59 Å². The molecule has 0 radical (unpaired) electrons. The zero-order valence-electron chi connectivity index (χ0n) is 17.2. The van der Waals surface area contributed by atoms with Crippen LogP contribution in [0.15, 0.2) is 47.6 Å². The van der Waals surface area contributed by atoms with Crippen LogP contribution in [0, 0.1) is 5.92 Å². The van der Waals surface area contributed by atoms with E-state index >= 15 is 0 Å². The van der Waals surface area contributed by atoms with Crippen molar-refractivity contribution in [3.05, 3.63) is 53.6 Å². The van der Waals surface area contributed by atoms with Gasteiger partial charge in [-0.3, -0.25) is 9.59 Å². The highest BCUT2D eigenvalue weighted by molar-refractivity contribution is 6.18. The first-order valence-electron chi connectivity index (χ1n) is 10.8. The number of nitrogens with one attached hydrogen (secondary N) is 3. The van der Waals surface area contributed by atoms with Gasteiger partial charge in [0.15, 0.2) is 0 Å². The summed E-state index contributed by atoms with van der Waals surface area (Å²) < 4.78 is 0. The third kappa shape index (κ3) is 3.61. The van der Waals surface area contributed by atoms with Crippen molar-refractivity contribution < 1.29 is 9.59 Å². The summed E-state index contributed by atoms with van der Waals surface area (Å²) in [5, 5.41) is 7.80. The summed E-state index contributed by atoms with van der Waals surface area (Å²) in [5.41, 5.74) is 13.3. The van der Waals surface area contributed by atoms with Gasteiger partial charge < -0.3 is 16.0 Å². The fourth-order valence-corrected chi connectivity index (χ4v) is 4.72. The summed E-state index contributed by atoms with van der Waals surface area (Å²) >= 11 is 0. The van der Waals surface area contributed by atoms with Crippen LogP contribution in [0.4, 0.5) is 5.69 Å². The predicted molar refractivity (Wildman–Crippen MR) is 122 cm³/mol. The van der Waals surface area contributed by atoms with Gasteiger partial charge in [0, 0.05) is 22.2 Å². The number of amides is 2. The lowest BCUT2D eigenvalue weighted by Crippen LogP contribution is -2.42. The number of hydrazone groups is 1. The molecule has 1 fully saturated rings. The Morgan fingerprint density at radius 3 is 2.68 bits per heavy atom. The number of hydrogen-bond donors (Lipinski definition) is 4. The van der Waals surface area contributed by atoms with E-state index in [1.807, 2.05) is 36.4 Å². The molecule has 7 heteroatoms. The molecule has 1 unspecified atom stereocenters. The van der Waals surface area contributed by atoms with Crippen molar-refractivity contribution in [2.75, 3.05) is 5.32 Å². The van der Waals surface area contributed by atoms with Gasteiger partial charge >= 0.3 is 0 Å². The minimum atomic E-state index is -0.550. The Kier molecular flexibility index (Phi) is 5.03. The van der Waals surface area contributed by atoms with E-state index in [4.69, 9.17) is 5.73 Å². The average molecular weight is 415 g/mol. The maximum absolute atomic E-state index is 12.8. The SMILES string of the molecule is NC(C(=O)Nc1cc2c3c(c(-c4ccccc4)[nH]c3c1)C=NNC2=O)C1CCCCC1. The molecule has 7 nitrogen and oxygen atoms in total. The number of H-pyrrole nitrogens is 1. The molecular formula is C24H25N5O2. The summed E-state index contributed by atoms with van der Waals surface area (Å²) in [5.74, 6) is -0.317. The molecule has 1 saturated carbocycles. The number of aromatic nitrogens is 1. The van der Waals surface area contributed by atoms with Crippen LogP contribution in [0.1, 0.15) is 48.0 Å². The van der Waals surface area contributed by atoms with Crippen LogP contribution in [0.5, 0.6) is 0 Å². The zero-order chi connectivity index (χ0) is 21.4. The van der Waals surface area contributed by atoms with Crippen LogP contribution in [0.2, 0.25) is 0 Å². The van der Waals surface area contributed by atoms with Crippen LogP contribution in [0.25, 0.3) is 22.2 Å². The molecule has 1 atom stereocenters.